The van der Waals surface area contributed by atoms with Crippen LogP contribution in [0.15, 0.2) is 65.8 Å². The van der Waals surface area contributed by atoms with Crippen molar-refractivity contribution in [1.82, 2.24) is 47.7 Å². The van der Waals surface area contributed by atoms with E-state index in [0.717, 1.165) is 16.5 Å². The number of fused-ring (bicyclic) bond motifs is 1. The van der Waals surface area contributed by atoms with Gasteiger partial charge < -0.3 is 58.8 Å². The minimum Gasteiger partial charge on any atom is -0.445 e. The fraction of sp³-hybridized carbons (Fsp3) is 0.489. The summed E-state index contributed by atoms with van der Waals surface area (Å²) in [5, 5.41) is 16.4. The van der Waals surface area contributed by atoms with Gasteiger partial charge in [-0.25, -0.2) is 15.0 Å². The molecule has 0 aliphatic carbocycles. The number of hydrogen-bond acceptors (Lipinski definition) is 10. The van der Waals surface area contributed by atoms with Crippen LogP contribution in [0.1, 0.15) is 78.9 Å². The van der Waals surface area contributed by atoms with Crippen molar-refractivity contribution in [3.63, 3.8) is 0 Å². The molecule has 0 fully saturated rings. The van der Waals surface area contributed by atoms with E-state index in [1.165, 1.54) is 6.92 Å². The van der Waals surface area contributed by atoms with Crippen LogP contribution in [0.2, 0.25) is 0 Å². The number of aliphatic imine (C=N–C) groups is 1. The maximum Gasteiger partial charge on any atom is 0.408 e. The number of nitrogens with one attached hydrogen (secondary N) is 9. The highest BCUT2D eigenvalue weighted by atomic mass is 16.5. The number of guanidine groups is 1. The van der Waals surface area contributed by atoms with Gasteiger partial charge in [0.1, 0.15) is 42.9 Å². The minimum atomic E-state index is -1.30. The first kappa shape index (κ1) is 53.9. The molecule has 3 rings (SSSR count). The molecule has 0 saturated heterocycles. The Hall–Kier alpha value is -7.39. The molecular formula is C45H67N13O9. The van der Waals surface area contributed by atoms with E-state index >= 15 is 0 Å². The van der Waals surface area contributed by atoms with Crippen molar-refractivity contribution in [2.75, 3.05) is 6.54 Å². The maximum atomic E-state index is 13.9. The lowest BCUT2D eigenvalue weighted by Gasteiger charge is -2.28. The lowest BCUT2D eigenvalue weighted by atomic mass is 9.99. The van der Waals surface area contributed by atoms with Crippen molar-refractivity contribution in [2.24, 2.45) is 39.9 Å². The first-order chi connectivity index (χ1) is 31.7. The third-order valence-corrected chi connectivity index (χ3v) is 10.4. The molecule has 0 unspecified atom stereocenters. The Labute approximate surface area is 389 Å². The number of hydrogen-bond donors (Lipinski definition) is 12. The molecule has 67 heavy (non-hydrogen) atoms. The number of rotatable bonds is 24. The predicted molar refractivity (Wildman–Crippen MR) is 251 cm³/mol. The number of ether oxygens (including phenoxy) is 1. The molecule has 2 aromatic carbocycles. The van der Waals surface area contributed by atoms with Gasteiger partial charge in [0.05, 0.1) is 0 Å². The number of nitrogens with zero attached hydrogens (tertiary/aromatic N) is 1. The van der Waals surface area contributed by atoms with Crippen molar-refractivity contribution >= 4 is 64.4 Å². The second kappa shape index (κ2) is 26.5. The molecule has 22 nitrogen and oxygen atoms in total. The van der Waals surface area contributed by atoms with Crippen molar-refractivity contribution in [3.05, 3.63) is 71.9 Å². The van der Waals surface area contributed by atoms with Gasteiger partial charge in [-0.1, -0.05) is 90.1 Å². The Morgan fingerprint density at radius 3 is 1.85 bits per heavy atom. The van der Waals surface area contributed by atoms with Crippen molar-refractivity contribution < 1.29 is 43.1 Å². The number of urea groups is 1. The molecular weight excluding hydrogens is 867 g/mol. The van der Waals surface area contributed by atoms with E-state index in [4.69, 9.17) is 21.9 Å². The van der Waals surface area contributed by atoms with Gasteiger partial charge in [-0.05, 0) is 61.1 Å². The Kier molecular flexibility index (Phi) is 21.4. The smallest absolute Gasteiger partial charge is 0.408 e. The van der Waals surface area contributed by atoms with Crippen LogP contribution in [0.5, 0.6) is 0 Å². The van der Waals surface area contributed by atoms with E-state index < -0.39 is 95.7 Å². The Bertz CT molecular complexity index is 2190. The van der Waals surface area contributed by atoms with Crippen molar-refractivity contribution in [2.45, 2.75) is 117 Å². The normalized spacial score (nSPS) is 13.8. The Morgan fingerprint density at radius 2 is 1.24 bits per heavy atom. The van der Waals surface area contributed by atoms with Gasteiger partial charge in [-0.15, -0.1) is 0 Å². The summed E-state index contributed by atoms with van der Waals surface area (Å²) >= 11 is 0. The zero-order chi connectivity index (χ0) is 49.8. The second-order valence-electron chi connectivity index (χ2n) is 17.2. The summed E-state index contributed by atoms with van der Waals surface area (Å²) in [5.74, 6) is -5.66. The molecule has 1 aromatic heterocycles. The highest BCUT2D eigenvalue weighted by molar-refractivity contribution is 5.96. The number of aromatic nitrogens is 1. The van der Waals surface area contributed by atoms with Gasteiger partial charge in [0.25, 0.3) is 5.91 Å². The van der Waals surface area contributed by atoms with Crippen LogP contribution in [0.4, 0.5) is 9.59 Å². The lowest BCUT2D eigenvalue weighted by Crippen LogP contribution is -2.61. The summed E-state index contributed by atoms with van der Waals surface area (Å²) in [6, 6.07) is 8.25. The molecule has 0 bridgehead atoms. The average molecular weight is 934 g/mol. The molecule has 0 aliphatic heterocycles. The summed E-state index contributed by atoms with van der Waals surface area (Å²) < 4.78 is 5.33. The van der Waals surface area contributed by atoms with Crippen LogP contribution >= 0.6 is 0 Å². The first-order valence-corrected chi connectivity index (χ1v) is 22.1. The third kappa shape index (κ3) is 18.2. The van der Waals surface area contributed by atoms with Gasteiger partial charge in [0.15, 0.2) is 5.96 Å². The van der Waals surface area contributed by atoms with E-state index in [-0.39, 0.29) is 50.7 Å². The summed E-state index contributed by atoms with van der Waals surface area (Å²) in [6.07, 6.45) is 1.29. The van der Waals surface area contributed by atoms with Crippen molar-refractivity contribution in [3.8, 4) is 0 Å². The molecule has 9 amide bonds. The molecule has 15 N–H and O–H groups in total. The quantitative estimate of drug-likeness (QED) is 0.0255. The van der Waals surface area contributed by atoms with Crippen molar-refractivity contribution in [1.29, 1.82) is 0 Å². The minimum absolute atomic E-state index is 0.0451. The molecule has 0 aliphatic rings. The van der Waals surface area contributed by atoms with Crippen LogP contribution in [-0.4, -0.2) is 101 Å². The molecule has 0 spiro atoms. The number of H-pyrrole nitrogens is 1. The highest BCUT2D eigenvalue weighted by Crippen LogP contribution is 2.20. The van der Waals surface area contributed by atoms with E-state index in [2.05, 4.69) is 52.7 Å². The van der Waals surface area contributed by atoms with Crippen LogP contribution < -0.4 is 60.0 Å². The lowest BCUT2D eigenvalue weighted by molar-refractivity contribution is -0.133. The molecule has 22 heteroatoms. The van der Waals surface area contributed by atoms with Gasteiger partial charge in [-0.3, -0.25) is 39.2 Å². The standard InChI is InChI=1S/C45H67N13O9/c1-24(2)20-33(52-38(60)32(18-13-19-49-43(47)48)54-45(66)67-23-28-14-9-8-10-15-28)39(61)56-36(26(5)6)42(64)57-58-44(65)53-34(21-29-22-50-31-17-12-11-16-30(29)31)40(62)55-35(25(3)4)41(63)51-27(7)37(46)59/h8-12,14-17,22,24-27,32-36,50H,13,18-21,23H2,1-7H3,(H2,46,59)(H,51,63)(H,52,60)(H,54,66)(H,55,62)(H,56,61)(H,57,64)(H4,47,48,49)(H2,53,58,65)/t27-,32-,33-,34-,35-,36-/m0/s1. The van der Waals surface area contributed by atoms with E-state index in [9.17, 15) is 38.4 Å². The van der Waals surface area contributed by atoms with Gasteiger partial charge in [-0.2, -0.15) is 0 Å². The molecule has 3 aromatic rings. The number of primary amides is 1. The number of amides is 9. The number of benzene rings is 2. The number of hydrazine groups is 1. The number of para-hydroxylation sites is 1. The molecule has 0 saturated carbocycles. The van der Waals surface area contributed by atoms with Gasteiger partial charge >= 0.3 is 12.1 Å². The van der Waals surface area contributed by atoms with E-state index in [1.807, 2.05) is 44.2 Å². The summed E-state index contributed by atoms with van der Waals surface area (Å²) in [7, 11) is 0. The zero-order valence-corrected chi connectivity index (χ0v) is 39.1. The second-order valence-corrected chi connectivity index (χ2v) is 17.2. The zero-order valence-electron chi connectivity index (χ0n) is 39.1. The third-order valence-electron chi connectivity index (χ3n) is 10.4. The van der Waals surface area contributed by atoms with Crippen LogP contribution in [-0.2, 0) is 46.5 Å². The number of carbonyl (C=O) groups excluding carboxylic acids is 8. The van der Waals surface area contributed by atoms with E-state index in [1.54, 1.807) is 58.2 Å². The fourth-order valence-electron chi connectivity index (χ4n) is 6.73. The SMILES string of the molecule is CC(C)C[C@H](NC(=O)[C@H](CCCN=C(N)N)NC(=O)OCc1ccccc1)C(=O)N[C@H](C(=O)NNC(=O)N[C@@H](Cc1c[nH]c2ccccc12)C(=O)N[C@H](C(=O)N[C@@H](C)C(N)=O)C(C)C)C(C)C. The summed E-state index contributed by atoms with van der Waals surface area (Å²) in [5.41, 5.74) is 22.9. The summed E-state index contributed by atoms with van der Waals surface area (Å²) in [4.78, 5) is 113. The van der Waals surface area contributed by atoms with Crippen LogP contribution in [0.3, 0.4) is 0 Å². The topological polar surface area (TPSA) is 348 Å². The Balaban J connectivity index is 1.74. The molecule has 6 atom stereocenters. The predicted octanol–water partition coefficient (Wildman–Crippen LogP) is 0.561. The molecule has 0 radical (unpaired) electrons. The molecule has 1 heterocycles. The monoisotopic (exact) mass is 934 g/mol. The Morgan fingerprint density at radius 1 is 0.642 bits per heavy atom. The van der Waals surface area contributed by atoms with Gasteiger partial charge in [0.2, 0.25) is 29.5 Å². The number of nitrogens with two attached hydrogens (primary N) is 3. The average Bonchev–Trinajstić information content (AvgIpc) is 3.68. The fourth-order valence-corrected chi connectivity index (χ4v) is 6.73. The number of aromatic amines is 1. The first-order valence-electron chi connectivity index (χ1n) is 22.1. The maximum absolute atomic E-state index is 13.9. The highest BCUT2D eigenvalue weighted by Gasteiger charge is 2.33. The number of alkyl carbamates (subject to hydrolysis) is 1. The molecule has 366 valence electrons. The summed E-state index contributed by atoms with van der Waals surface area (Å²) in [6.45, 7) is 11.9. The van der Waals surface area contributed by atoms with Gasteiger partial charge in [0, 0.05) is 30.1 Å². The number of carbonyl (C=O) groups is 8. The largest absolute Gasteiger partial charge is 0.445 e. The van der Waals surface area contributed by atoms with E-state index in [0.29, 0.717) is 5.56 Å². The van der Waals surface area contributed by atoms with Crippen LogP contribution in [0, 0.1) is 17.8 Å². The van der Waals surface area contributed by atoms with Crippen LogP contribution in [0.25, 0.3) is 10.9 Å².